The van der Waals surface area contributed by atoms with Gasteiger partial charge in [0.2, 0.25) is 12.5 Å². The first kappa shape index (κ1) is 26.7. The Labute approximate surface area is 241 Å². The predicted molar refractivity (Wildman–Crippen MR) is 151 cm³/mol. The highest BCUT2D eigenvalue weighted by atomic mass is 32.1. The molecule has 0 aromatic heterocycles. The average Bonchev–Trinajstić information content (AvgIpc) is 3.59. The third kappa shape index (κ3) is 4.65. The van der Waals surface area contributed by atoms with Crippen LogP contribution in [0.25, 0.3) is 0 Å². The summed E-state index contributed by atoms with van der Waals surface area (Å²) in [6.45, 7) is 2.16. The number of phenols is 1. The summed E-state index contributed by atoms with van der Waals surface area (Å²) in [5.74, 6) is -0.767. The lowest BCUT2D eigenvalue weighted by molar-refractivity contribution is -0.141. The van der Waals surface area contributed by atoms with Crippen molar-refractivity contribution in [2.24, 2.45) is 11.8 Å². The van der Waals surface area contributed by atoms with Crippen LogP contribution in [0.15, 0.2) is 48.5 Å². The second kappa shape index (κ2) is 10.5. The van der Waals surface area contributed by atoms with Crippen LogP contribution in [0, 0.1) is 18.8 Å². The zero-order valence-corrected chi connectivity index (χ0v) is 23.4. The largest absolute Gasteiger partial charge is 0.502 e. The van der Waals surface area contributed by atoms with Gasteiger partial charge in [-0.2, -0.15) is 0 Å². The summed E-state index contributed by atoms with van der Waals surface area (Å²) in [7, 11) is 2.90. The second-order valence-electron chi connectivity index (χ2n) is 10.2. The van der Waals surface area contributed by atoms with E-state index in [2.05, 4.69) is 10.6 Å². The standard InChI is InChI=1S/C30H28N2O8S/c1-14-4-6-15(7-5-14)28(34)32-30(41)31-26-18-11-21-20(39-13-40-21)10-17(18)24(25-19(26)12-38-29(25)35)16-8-22(36-2)27(33)23(9-16)37-3/h4-11,19,24-26,33H,12-13H2,1-3H3,(H2,31,32,34,41)/t19-,24+,25-,26+/m0/s1. The Kier molecular flexibility index (Phi) is 6.82. The number of hydrogen-bond acceptors (Lipinski definition) is 9. The number of carbonyl (C=O) groups excluding carboxylic acids is 2. The fourth-order valence-corrected chi connectivity index (χ4v) is 6.12. The van der Waals surface area contributed by atoms with E-state index in [0.717, 1.165) is 16.7 Å². The molecule has 4 atom stereocenters. The molecule has 212 valence electrons. The molecule has 2 aliphatic heterocycles. The Morgan fingerprint density at radius 1 is 0.976 bits per heavy atom. The van der Waals surface area contributed by atoms with E-state index in [1.54, 1.807) is 24.3 Å². The van der Waals surface area contributed by atoms with Gasteiger partial charge in [0.15, 0.2) is 28.1 Å². The molecule has 3 aliphatic rings. The molecule has 0 spiro atoms. The molecule has 2 heterocycles. The van der Waals surface area contributed by atoms with Crippen LogP contribution in [0.1, 0.15) is 44.6 Å². The lowest BCUT2D eigenvalue weighted by Gasteiger charge is -2.40. The predicted octanol–water partition coefficient (Wildman–Crippen LogP) is 3.73. The highest BCUT2D eigenvalue weighted by Crippen LogP contribution is 2.55. The maximum Gasteiger partial charge on any atom is 0.310 e. The third-order valence-electron chi connectivity index (χ3n) is 7.88. The molecule has 3 aromatic rings. The lowest BCUT2D eigenvalue weighted by atomic mass is 9.65. The maximum absolute atomic E-state index is 13.3. The fourth-order valence-electron chi connectivity index (χ4n) is 5.90. The minimum absolute atomic E-state index is 0.0712. The summed E-state index contributed by atoms with van der Waals surface area (Å²) in [4.78, 5) is 26.2. The van der Waals surface area contributed by atoms with Gasteiger partial charge >= 0.3 is 5.97 Å². The van der Waals surface area contributed by atoms with Crippen molar-refractivity contribution in [2.45, 2.75) is 18.9 Å². The molecule has 0 bridgehead atoms. The zero-order valence-electron chi connectivity index (χ0n) is 22.6. The second-order valence-corrected chi connectivity index (χ2v) is 10.6. The molecular weight excluding hydrogens is 548 g/mol. The van der Waals surface area contributed by atoms with Crippen molar-refractivity contribution in [1.29, 1.82) is 0 Å². The van der Waals surface area contributed by atoms with Crippen LogP contribution in [0.2, 0.25) is 0 Å². The average molecular weight is 577 g/mol. The van der Waals surface area contributed by atoms with Gasteiger partial charge in [0.05, 0.1) is 32.8 Å². The van der Waals surface area contributed by atoms with E-state index in [1.807, 2.05) is 31.2 Å². The lowest BCUT2D eigenvalue weighted by Crippen LogP contribution is -2.47. The molecule has 1 fully saturated rings. The number of cyclic esters (lactones) is 1. The molecule has 0 unspecified atom stereocenters. The minimum atomic E-state index is -0.616. The van der Waals surface area contributed by atoms with Crippen LogP contribution in [0.3, 0.4) is 0 Å². The molecule has 0 saturated carbocycles. The van der Waals surface area contributed by atoms with Crippen molar-refractivity contribution >= 4 is 29.2 Å². The number of thiocarbonyl (C=S) groups is 1. The van der Waals surface area contributed by atoms with Crippen LogP contribution in [-0.4, -0.2) is 49.7 Å². The van der Waals surface area contributed by atoms with E-state index in [0.29, 0.717) is 22.6 Å². The number of benzene rings is 3. The molecule has 1 saturated heterocycles. The first-order valence-electron chi connectivity index (χ1n) is 13.0. The number of methoxy groups -OCH3 is 2. The van der Waals surface area contributed by atoms with Gasteiger partial charge in [-0.3, -0.25) is 14.9 Å². The zero-order chi connectivity index (χ0) is 28.8. The number of aryl methyl sites for hydroxylation is 1. The van der Waals surface area contributed by atoms with Gasteiger partial charge in [0, 0.05) is 17.4 Å². The van der Waals surface area contributed by atoms with Crippen molar-refractivity contribution in [3.05, 3.63) is 76.3 Å². The van der Waals surface area contributed by atoms with Crippen molar-refractivity contribution in [3.8, 4) is 28.7 Å². The molecule has 41 heavy (non-hydrogen) atoms. The summed E-state index contributed by atoms with van der Waals surface area (Å²) in [6.07, 6.45) is 0. The Hall–Kier alpha value is -4.51. The monoisotopic (exact) mass is 576 g/mol. The number of fused-ring (bicyclic) bond motifs is 3. The van der Waals surface area contributed by atoms with Crippen LogP contribution in [-0.2, 0) is 9.53 Å². The first-order valence-corrected chi connectivity index (χ1v) is 13.4. The number of phenolic OH excluding ortho intramolecular Hbond substituents is 1. The number of nitrogens with one attached hydrogen (secondary N) is 2. The first-order chi connectivity index (χ1) is 19.8. The quantitative estimate of drug-likeness (QED) is 0.306. The van der Waals surface area contributed by atoms with E-state index in [-0.39, 0.29) is 53.6 Å². The van der Waals surface area contributed by atoms with Crippen LogP contribution < -0.4 is 29.6 Å². The van der Waals surface area contributed by atoms with Crippen molar-refractivity contribution in [1.82, 2.24) is 10.6 Å². The molecule has 10 nitrogen and oxygen atoms in total. The highest BCUT2D eigenvalue weighted by molar-refractivity contribution is 7.80. The van der Waals surface area contributed by atoms with Crippen molar-refractivity contribution in [3.63, 3.8) is 0 Å². The molecule has 3 N–H and O–H groups in total. The Morgan fingerprint density at radius 3 is 2.24 bits per heavy atom. The van der Waals surface area contributed by atoms with Gasteiger partial charge < -0.3 is 34.1 Å². The van der Waals surface area contributed by atoms with Gasteiger partial charge in [-0.15, -0.1) is 0 Å². The number of ether oxygens (including phenoxy) is 5. The molecule has 11 heteroatoms. The van der Waals surface area contributed by atoms with E-state index in [1.165, 1.54) is 14.2 Å². The number of aromatic hydroxyl groups is 1. The Morgan fingerprint density at radius 2 is 1.61 bits per heavy atom. The highest BCUT2D eigenvalue weighted by Gasteiger charge is 2.53. The minimum Gasteiger partial charge on any atom is -0.502 e. The number of carbonyl (C=O) groups is 2. The van der Waals surface area contributed by atoms with E-state index in [9.17, 15) is 14.7 Å². The summed E-state index contributed by atoms with van der Waals surface area (Å²) >= 11 is 5.57. The number of rotatable bonds is 5. The summed E-state index contributed by atoms with van der Waals surface area (Å²) in [5.41, 5.74) is 3.81. The molecule has 1 aliphatic carbocycles. The van der Waals surface area contributed by atoms with E-state index in [4.69, 9.17) is 35.9 Å². The fraction of sp³-hybridized carbons (Fsp3) is 0.300. The van der Waals surface area contributed by atoms with Crippen LogP contribution >= 0.6 is 12.2 Å². The van der Waals surface area contributed by atoms with Gasteiger partial charge in [-0.1, -0.05) is 17.7 Å². The van der Waals surface area contributed by atoms with E-state index < -0.39 is 17.9 Å². The number of hydrogen-bond donors (Lipinski definition) is 3. The third-order valence-corrected chi connectivity index (χ3v) is 8.10. The maximum atomic E-state index is 13.3. The van der Waals surface area contributed by atoms with Crippen LogP contribution in [0.5, 0.6) is 28.7 Å². The van der Waals surface area contributed by atoms with Gasteiger partial charge in [-0.25, -0.2) is 0 Å². The summed E-state index contributed by atoms with van der Waals surface area (Å²) in [6, 6.07) is 13.8. The SMILES string of the molecule is COc1cc([C@@H]2c3cc4c(cc3[C@@H](NC(=S)NC(=O)c3ccc(C)cc3)[C@H]3COC(=O)[C@H]23)OCO4)cc(OC)c1O. The van der Waals surface area contributed by atoms with Crippen molar-refractivity contribution in [2.75, 3.05) is 27.6 Å². The Balaban J connectivity index is 1.41. The summed E-state index contributed by atoms with van der Waals surface area (Å²) < 4.78 is 27.8. The molecule has 6 rings (SSSR count). The van der Waals surface area contributed by atoms with Crippen molar-refractivity contribution < 1.29 is 38.4 Å². The Bertz CT molecular complexity index is 1530. The normalized spacial score (nSPS) is 21.8. The number of esters is 1. The van der Waals surface area contributed by atoms with Gasteiger partial charge in [0.1, 0.15) is 0 Å². The smallest absolute Gasteiger partial charge is 0.310 e. The molecule has 3 aromatic carbocycles. The number of amides is 1. The summed E-state index contributed by atoms with van der Waals surface area (Å²) in [5, 5.41) is 16.7. The molecular formula is C30H28N2O8S. The molecule has 0 radical (unpaired) electrons. The van der Waals surface area contributed by atoms with Gasteiger partial charge in [-0.05, 0) is 72.2 Å². The topological polar surface area (TPSA) is 125 Å². The van der Waals surface area contributed by atoms with E-state index >= 15 is 0 Å². The van der Waals surface area contributed by atoms with Gasteiger partial charge in [0.25, 0.3) is 5.91 Å². The van der Waals surface area contributed by atoms with Crippen LogP contribution in [0.4, 0.5) is 0 Å². The molecule has 1 amide bonds.